The first-order chi connectivity index (χ1) is 11.2. The lowest BCUT2D eigenvalue weighted by Gasteiger charge is -2.34. The topological polar surface area (TPSA) is 96.9 Å². The van der Waals surface area contributed by atoms with Gasteiger partial charge in [0.15, 0.2) is 5.82 Å². The third-order valence-electron chi connectivity index (χ3n) is 4.57. The Bertz CT molecular complexity index is 703. The average Bonchev–Trinajstić information content (AvgIpc) is 3.20. The normalized spacial score (nSPS) is 27.0. The lowest BCUT2D eigenvalue weighted by molar-refractivity contribution is -0.00684. The quantitative estimate of drug-likeness (QED) is 0.884. The summed E-state index contributed by atoms with van der Waals surface area (Å²) < 4.78 is 6.11. The maximum absolute atomic E-state index is 12.5. The van der Waals surface area contributed by atoms with Crippen LogP contribution < -0.4 is 0 Å². The van der Waals surface area contributed by atoms with Crippen molar-refractivity contribution in [3.8, 4) is 0 Å². The minimum absolute atomic E-state index is 0.0147. The zero-order valence-electron chi connectivity index (χ0n) is 12.8. The Hall–Kier alpha value is -2.35. The van der Waals surface area contributed by atoms with Crippen LogP contribution in [0.15, 0.2) is 18.5 Å². The Morgan fingerprint density at radius 2 is 2.35 bits per heavy atom. The first kappa shape index (κ1) is 14.3. The van der Waals surface area contributed by atoms with Crippen LogP contribution >= 0.6 is 0 Å². The molecule has 2 aromatic rings. The summed E-state index contributed by atoms with van der Waals surface area (Å²) in [5.41, 5.74) is 0.567. The molecule has 4 rings (SSSR count). The van der Waals surface area contributed by atoms with Gasteiger partial charge < -0.3 is 9.64 Å². The number of hydrogen-bond donors (Lipinski definition) is 1. The number of rotatable bonds is 2. The Labute approximate surface area is 133 Å². The number of likely N-dealkylation sites (tertiary alicyclic amines) is 1. The number of H-pyrrole nitrogens is 1. The van der Waals surface area contributed by atoms with Gasteiger partial charge in [0.2, 0.25) is 0 Å². The highest BCUT2D eigenvalue weighted by molar-refractivity contribution is 5.93. The van der Waals surface area contributed by atoms with Gasteiger partial charge in [0.1, 0.15) is 11.9 Å². The molecule has 0 aliphatic carbocycles. The van der Waals surface area contributed by atoms with Gasteiger partial charge >= 0.3 is 0 Å². The molecule has 4 heterocycles. The maximum atomic E-state index is 12.5. The second kappa shape index (κ2) is 5.69. The lowest BCUT2D eigenvalue weighted by atomic mass is 9.91. The molecule has 2 fully saturated rings. The van der Waals surface area contributed by atoms with Gasteiger partial charge in [-0.25, -0.2) is 4.98 Å². The van der Waals surface area contributed by atoms with Crippen molar-refractivity contribution in [2.75, 3.05) is 13.1 Å². The van der Waals surface area contributed by atoms with Crippen LogP contribution in [0.1, 0.15) is 41.0 Å². The Balaban J connectivity index is 1.44. The molecule has 2 aliphatic heterocycles. The van der Waals surface area contributed by atoms with Crippen molar-refractivity contribution in [3.05, 3.63) is 35.7 Å². The zero-order chi connectivity index (χ0) is 15.8. The second-order valence-corrected chi connectivity index (χ2v) is 6.11. The van der Waals surface area contributed by atoms with Crippen molar-refractivity contribution < 1.29 is 9.53 Å². The molecule has 0 aromatic carbocycles. The summed E-state index contributed by atoms with van der Waals surface area (Å²) in [5, 5.41) is 14.5. The third-order valence-corrected chi connectivity index (χ3v) is 4.57. The first-order valence-corrected chi connectivity index (χ1v) is 7.81. The van der Waals surface area contributed by atoms with E-state index in [-0.39, 0.29) is 18.1 Å². The Kier molecular flexibility index (Phi) is 3.53. The summed E-state index contributed by atoms with van der Waals surface area (Å²) in [6.45, 7) is 3.22. The number of piperidine rings is 1. The van der Waals surface area contributed by atoms with Crippen molar-refractivity contribution in [1.29, 1.82) is 0 Å². The molecule has 1 amide bonds. The number of amides is 1. The number of aromatic nitrogens is 5. The van der Waals surface area contributed by atoms with Gasteiger partial charge in [-0.3, -0.25) is 9.89 Å². The van der Waals surface area contributed by atoms with Gasteiger partial charge in [0, 0.05) is 13.1 Å². The summed E-state index contributed by atoms with van der Waals surface area (Å²) in [6.07, 6.45) is 4.87. The summed E-state index contributed by atoms with van der Waals surface area (Å²) in [7, 11) is 0. The van der Waals surface area contributed by atoms with E-state index in [2.05, 4.69) is 25.4 Å². The number of fused-ring (bicyclic) bond motifs is 1. The largest absolute Gasteiger partial charge is 0.365 e. The number of hydrogen-bond acceptors (Lipinski definition) is 6. The van der Waals surface area contributed by atoms with Crippen LogP contribution in [0.2, 0.25) is 0 Å². The number of ether oxygens (including phenoxy) is 1. The average molecular weight is 314 g/mol. The molecule has 2 saturated heterocycles. The van der Waals surface area contributed by atoms with Gasteiger partial charge in [-0.15, -0.1) is 0 Å². The van der Waals surface area contributed by atoms with Crippen LogP contribution in [0.25, 0.3) is 0 Å². The Morgan fingerprint density at radius 3 is 3.09 bits per heavy atom. The fourth-order valence-corrected chi connectivity index (χ4v) is 3.38. The van der Waals surface area contributed by atoms with Gasteiger partial charge in [-0.05, 0) is 31.7 Å². The van der Waals surface area contributed by atoms with E-state index in [1.165, 1.54) is 12.4 Å². The summed E-state index contributed by atoms with van der Waals surface area (Å²) in [4.78, 5) is 18.7. The molecule has 2 aliphatic rings. The standard InChI is InChI=1S/C15H18N6O2/c1-9-18-14(20-19-9)12-6-10-3-5-21(8-13(10)23-12)15(22)11-2-4-16-17-7-11/h2,4,7,10,12-13H,3,5-6,8H2,1H3,(H,18,19,20)/t10-,12+,13+/m1/s1. The highest BCUT2D eigenvalue weighted by Crippen LogP contribution is 2.40. The lowest BCUT2D eigenvalue weighted by Crippen LogP contribution is -2.45. The SMILES string of the molecule is Cc1nc([C@@H]2C[C@H]3CCN(C(=O)c4ccnnc4)C[C@@H]3O2)n[nH]1. The van der Waals surface area contributed by atoms with Crippen LogP contribution in [0.4, 0.5) is 0 Å². The molecule has 8 heteroatoms. The van der Waals surface area contributed by atoms with E-state index in [1.807, 2.05) is 11.8 Å². The molecule has 23 heavy (non-hydrogen) atoms. The van der Waals surface area contributed by atoms with Crippen LogP contribution in [0.3, 0.4) is 0 Å². The molecule has 0 spiro atoms. The zero-order valence-corrected chi connectivity index (χ0v) is 12.8. The third kappa shape index (κ3) is 2.70. The molecule has 0 unspecified atom stereocenters. The number of aryl methyl sites for hydroxylation is 1. The molecule has 120 valence electrons. The van der Waals surface area contributed by atoms with Crippen molar-refractivity contribution in [1.82, 2.24) is 30.3 Å². The molecule has 0 radical (unpaired) electrons. The second-order valence-electron chi connectivity index (χ2n) is 6.11. The van der Waals surface area contributed by atoms with E-state index in [4.69, 9.17) is 4.74 Å². The molecule has 0 saturated carbocycles. The number of aromatic amines is 1. The number of nitrogens with one attached hydrogen (secondary N) is 1. The maximum Gasteiger partial charge on any atom is 0.255 e. The highest BCUT2D eigenvalue weighted by Gasteiger charge is 2.42. The first-order valence-electron chi connectivity index (χ1n) is 7.81. The fraction of sp³-hybridized carbons (Fsp3) is 0.533. The van der Waals surface area contributed by atoms with E-state index >= 15 is 0 Å². The number of carbonyl (C=O) groups is 1. The van der Waals surface area contributed by atoms with Crippen LogP contribution in [-0.2, 0) is 4.74 Å². The smallest absolute Gasteiger partial charge is 0.255 e. The van der Waals surface area contributed by atoms with Crippen LogP contribution in [-0.4, -0.2) is 55.4 Å². The van der Waals surface area contributed by atoms with Gasteiger partial charge in [0.05, 0.1) is 24.1 Å². The predicted molar refractivity (Wildman–Crippen MR) is 79.4 cm³/mol. The number of carbonyl (C=O) groups excluding carboxylic acids is 1. The minimum atomic E-state index is -0.0763. The number of nitrogens with zero attached hydrogens (tertiary/aromatic N) is 5. The van der Waals surface area contributed by atoms with E-state index in [0.29, 0.717) is 23.9 Å². The molecule has 8 nitrogen and oxygen atoms in total. The van der Waals surface area contributed by atoms with Crippen molar-refractivity contribution in [2.45, 2.75) is 32.0 Å². The molecule has 3 atom stereocenters. The molecule has 0 bridgehead atoms. The monoisotopic (exact) mass is 314 g/mol. The summed E-state index contributed by atoms with van der Waals surface area (Å²) in [5.74, 6) is 1.95. The summed E-state index contributed by atoms with van der Waals surface area (Å²) in [6, 6.07) is 1.69. The summed E-state index contributed by atoms with van der Waals surface area (Å²) >= 11 is 0. The molecule has 2 aromatic heterocycles. The van der Waals surface area contributed by atoms with Crippen molar-refractivity contribution >= 4 is 5.91 Å². The van der Waals surface area contributed by atoms with Crippen LogP contribution in [0, 0.1) is 12.8 Å². The van der Waals surface area contributed by atoms with E-state index in [9.17, 15) is 4.79 Å². The fourth-order valence-electron chi connectivity index (χ4n) is 3.38. The highest BCUT2D eigenvalue weighted by atomic mass is 16.5. The van der Waals surface area contributed by atoms with Gasteiger partial charge in [-0.2, -0.15) is 15.3 Å². The van der Waals surface area contributed by atoms with Crippen molar-refractivity contribution in [2.24, 2.45) is 5.92 Å². The van der Waals surface area contributed by atoms with Crippen molar-refractivity contribution in [3.63, 3.8) is 0 Å². The molecular formula is C15H18N6O2. The Morgan fingerprint density at radius 1 is 1.43 bits per heavy atom. The van der Waals surface area contributed by atoms with Gasteiger partial charge in [0.25, 0.3) is 5.91 Å². The van der Waals surface area contributed by atoms with E-state index < -0.39 is 0 Å². The van der Waals surface area contributed by atoms with E-state index in [0.717, 1.165) is 25.2 Å². The van der Waals surface area contributed by atoms with Crippen LogP contribution in [0.5, 0.6) is 0 Å². The van der Waals surface area contributed by atoms with E-state index in [1.54, 1.807) is 6.07 Å². The minimum Gasteiger partial charge on any atom is -0.365 e. The van der Waals surface area contributed by atoms with Gasteiger partial charge in [-0.1, -0.05) is 0 Å². The predicted octanol–water partition coefficient (Wildman–Crippen LogP) is 0.895. The molecule has 1 N–H and O–H groups in total. The molecular weight excluding hydrogens is 296 g/mol.